The Morgan fingerprint density at radius 2 is 1.78 bits per heavy atom. The van der Waals surface area contributed by atoms with E-state index in [0.717, 1.165) is 60.4 Å². The quantitative estimate of drug-likeness (QED) is 0.409. The second-order valence-electron chi connectivity index (χ2n) is 9.83. The Hall–Kier alpha value is -3.00. The van der Waals surface area contributed by atoms with Crippen molar-refractivity contribution in [2.24, 2.45) is 5.41 Å². The van der Waals surface area contributed by atoms with Gasteiger partial charge >= 0.3 is 0 Å². The molecule has 0 atom stereocenters. The molecule has 8 heteroatoms. The molecule has 0 aliphatic carbocycles. The first-order valence-corrected chi connectivity index (χ1v) is 13.0. The summed E-state index contributed by atoms with van der Waals surface area (Å²) in [6, 6.07) is 6.10. The van der Waals surface area contributed by atoms with Crippen LogP contribution in [0.2, 0.25) is 0 Å². The van der Waals surface area contributed by atoms with Crippen LogP contribution in [0, 0.1) is 19.3 Å². The van der Waals surface area contributed by atoms with E-state index in [1.54, 1.807) is 0 Å². The second-order valence-corrected chi connectivity index (χ2v) is 9.83. The van der Waals surface area contributed by atoms with Crippen molar-refractivity contribution in [2.45, 2.75) is 61.9 Å². The fourth-order valence-corrected chi connectivity index (χ4v) is 3.90. The van der Waals surface area contributed by atoms with Gasteiger partial charge in [-0.05, 0) is 43.9 Å². The molecule has 200 valence electrons. The van der Waals surface area contributed by atoms with Crippen molar-refractivity contribution in [2.75, 3.05) is 50.7 Å². The van der Waals surface area contributed by atoms with Crippen molar-refractivity contribution in [1.29, 1.82) is 0 Å². The van der Waals surface area contributed by atoms with Crippen LogP contribution in [-0.4, -0.2) is 55.1 Å². The first-order chi connectivity index (χ1) is 17.1. The number of benzene rings is 1. The van der Waals surface area contributed by atoms with E-state index in [0.29, 0.717) is 12.2 Å². The van der Waals surface area contributed by atoms with Crippen molar-refractivity contribution < 1.29 is 9.47 Å². The summed E-state index contributed by atoms with van der Waals surface area (Å²) < 4.78 is 12.9. The lowest BCUT2D eigenvalue weighted by Gasteiger charge is -2.19. The van der Waals surface area contributed by atoms with E-state index in [4.69, 9.17) is 9.47 Å². The molecule has 2 aromatic heterocycles. The first kappa shape index (κ1) is 29.2. The zero-order valence-corrected chi connectivity index (χ0v) is 24.0. The number of ether oxygens (including phenoxy) is 2. The third-order valence-electron chi connectivity index (χ3n) is 5.84. The fraction of sp³-hybridized carbons (Fsp3) is 0.571. The highest BCUT2D eigenvalue weighted by Crippen LogP contribution is 2.37. The molecule has 0 unspecified atom stereocenters. The Balaban J connectivity index is 0.000000250. The van der Waals surface area contributed by atoms with Crippen molar-refractivity contribution in [3.63, 3.8) is 0 Å². The molecule has 0 radical (unpaired) electrons. The summed E-state index contributed by atoms with van der Waals surface area (Å²) in [6.07, 6.45) is 1.83. The summed E-state index contributed by atoms with van der Waals surface area (Å²) in [7, 11) is 3.95. The van der Waals surface area contributed by atoms with Crippen molar-refractivity contribution in [3.05, 3.63) is 35.8 Å². The summed E-state index contributed by atoms with van der Waals surface area (Å²) in [5, 5.41) is 6.60. The molecule has 1 aliphatic rings. The van der Waals surface area contributed by atoms with Crippen molar-refractivity contribution in [1.82, 2.24) is 19.9 Å². The number of pyridine rings is 1. The van der Waals surface area contributed by atoms with E-state index in [9.17, 15) is 0 Å². The van der Waals surface area contributed by atoms with Gasteiger partial charge < -0.3 is 29.6 Å². The Kier molecular flexibility index (Phi) is 10.8. The molecule has 0 spiro atoms. The van der Waals surface area contributed by atoms with E-state index in [-0.39, 0.29) is 0 Å². The molecule has 4 rings (SSSR count). The predicted molar refractivity (Wildman–Crippen MR) is 152 cm³/mol. The number of fused-ring (bicyclic) bond motifs is 2. The van der Waals surface area contributed by atoms with Crippen LogP contribution >= 0.6 is 0 Å². The van der Waals surface area contributed by atoms with Gasteiger partial charge in [0.15, 0.2) is 17.3 Å². The maximum absolute atomic E-state index is 5.34. The number of hydrogen-bond acceptors (Lipinski definition) is 7. The predicted octanol–water partition coefficient (Wildman–Crippen LogP) is 5.62. The molecular formula is C28H46N6O2. The summed E-state index contributed by atoms with van der Waals surface area (Å²) >= 11 is 0. The number of rotatable bonds is 7. The maximum Gasteiger partial charge on any atom is 0.231 e. The molecule has 3 aromatic rings. The number of nitrogens with zero attached hydrogens (tertiary/aromatic N) is 4. The molecule has 3 heterocycles. The van der Waals surface area contributed by atoms with E-state index < -0.39 is 0 Å². The average molecular weight is 499 g/mol. The number of aryl methyl sites for hydroxylation is 2. The maximum atomic E-state index is 5.34. The lowest BCUT2D eigenvalue weighted by molar-refractivity contribution is 0.174. The van der Waals surface area contributed by atoms with E-state index in [1.807, 2.05) is 52.2 Å². The smallest absolute Gasteiger partial charge is 0.231 e. The zero-order valence-electron chi connectivity index (χ0n) is 24.0. The van der Waals surface area contributed by atoms with Crippen LogP contribution in [0.3, 0.4) is 0 Å². The number of imidazole rings is 1. The molecule has 36 heavy (non-hydrogen) atoms. The molecule has 1 aliphatic heterocycles. The van der Waals surface area contributed by atoms with Gasteiger partial charge in [0.05, 0.1) is 5.52 Å². The van der Waals surface area contributed by atoms with Gasteiger partial charge in [-0.15, -0.1) is 0 Å². The third kappa shape index (κ3) is 7.50. The normalized spacial score (nSPS) is 11.9. The van der Waals surface area contributed by atoms with Gasteiger partial charge in [-0.25, -0.2) is 9.97 Å². The summed E-state index contributed by atoms with van der Waals surface area (Å²) in [4.78, 5) is 11.1. The molecule has 0 saturated carbocycles. The molecule has 0 bridgehead atoms. The van der Waals surface area contributed by atoms with Crippen LogP contribution in [0.15, 0.2) is 24.4 Å². The van der Waals surface area contributed by atoms with Gasteiger partial charge in [0.25, 0.3) is 0 Å². The highest BCUT2D eigenvalue weighted by Gasteiger charge is 2.16. The van der Waals surface area contributed by atoms with Gasteiger partial charge in [0.1, 0.15) is 11.3 Å². The second kappa shape index (κ2) is 13.3. The molecule has 8 nitrogen and oxygen atoms in total. The average Bonchev–Trinajstić information content (AvgIpc) is 3.44. The number of nitrogens with one attached hydrogen (secondary N) is 2. The van der Waals surface area contributed by atoms with Crippen LogP contribution in [0.4, 0.5) is 11.5 Å². The minimum Gasteiger partial charge on any atom is -0.454 e. The molecule has 0 amide bonds. The molecule has 0 saturated heterocycles. The molecule has 0 fully saturated rings. The Morgan fingerprint density at radius 3 is 2.39 bits per heavy atom. The fourth-order valence-electron chi connectivity index (χ4n) is 3.90. The highest BCUT2D eigenvalue weighted by atomic mass is 16.7. The van der Waals surface area contributed by atoms with E-state index in [2.05, 4.69) is 71.7 Å². The van der Waals surface area contributed by atoms with Crippen LogP contribution in [0.25, 0.3) is 11.0 Å². The topological polar surface area (TPSA) is 76.5 Å². The van der Waals surface area contributed by atoms with Crippen molar-refractivity contribution >= 4 is 22.5 Å². The molecule has 2 N–H and O–H groups in total. The third-order valence-corrected chi connectivity index (χ3v) is 5.84. The number of anilines is 2. The minimum absolute atomic E-state index is 0.315. The summed E-state index contributed by atoms with van der Waals surface area (Å²) in [6.45, 7) is 21.2. The van der Waals surface area contributed by atoms with Crippen LogP contribution < -0.4 is 25.0 Å². The van der Waals surface area contributed by atoms with Gasteiger partial charge in [-0.3, -0.25) is 0 Å². The monoisotopic (exact) mass is 498 g/mol. The minimum atomic E-state index is 0.315. The summed E-state index contributed by atoms with van der Waals surface area (Å²) in [5.74, 6) is 3.58. The van der Waals surface area contributed by atoms with E-state index in [1.165, 1.54) is 11.3 Å². The highest BCUT2D eigenvalue weighted by molar-refractivity contribution is 5.86. The van der Waals surface area contributed by atoms with Crippen LogP contribution in [-0.2, 0) is 6.54 Å². The first-order valence-electron chi connectivity index (χ1n) is 13.0. The van der Waals surface area contributed by atoms with Gasteiger partial charge in [-0.1, -0.05) is 34.6 Å². The molecule has 1 aromatic carbocycles. The SMILES string of the molecule is CC.CCN(C)c1cc2c(cc1C)OCO2.CNc1nccc2c1nc(C)n2CCNCC(C)(C)C. The Morgan fingerprint density at radius 1 is 1.11 bits per heavy atom. The Labute approximate surface area is 217 Å². The number of aromatic nitrogens is 3. The van der Waals surface area contributed by atoms with Crippen LogP contribution in [0.5, 0.6) is 11.5 Å². The van der Waals surface area contributed by atoms with Crippen molar-refractivity contribution in [3.8, 4) is 11.5 Å². The largest absolute Gasteiger partial charge is 0.454 e. The Bertz CT molecular complexity index is 1100. The van der Waals surface area contributed by atoms with Gasteiger partial charge in [0.2, 0.25) is 6.79 Å². The molecular weight excluding hydrogens is 452 g/mol. The lowest BCUT2D eigenvalue weighted by Crippen LogP contribution is -2.29. The standard InChI is InChI=1S/C15H25N5.C11H15NO2.C2H6/c1-11-19-13-12(6-7-18-14(13)16-5)20(11)9-8-17-10-15(2,3)4;1-4-12(3)9-6-11-10(5-8(9)2)13-7-14-11;1-2/h6-7,17H,8-10H2,1-5H3,(H,16,18);5-6H,4,7H2,1-3H3;1-2H3. The lowest BCUT2D eigenvalue weighted by atomic mass is 9.97. The zero-order chi connectivity index (χ0) is 26.9. The van der Waals surface area contributed by atoms with E-state index >= 15 is 0 Å². The van der Waals surface area contributed by atoms with Gasteiger partial charge in [-0.2, -0.15) is 0 Å². The number of hydrogen-bond donors (Lipinski definition) is 2. The van der Waals surface area contributed by atoms with Crippen LogP contribution in [0.1, 0.15) is 52.9 Å². The van der Waals surface area contributed by atoms with Gasteiger partial charge in [0, 0.05) is 58.2 Å². The summed E-state index contributed by atoms with van der Waals surface area (Å²) in [5.41, 5.74) is 4.83.